The number of ether oxygens (including phenoxy) is 1. The predicted octanol–water partition coefficient (Wildman–Crippen LogP) is 6.58. The van der Waals surface area contributed by atoms with Gasteiger partial charge in [-0.05, 0) is 32.0 Å². The van der Waals surface area contributed by atoms with Crippen molar-refractivity contribution in [2.75, 3.05) is 0 Å². The number of hydrogen-bond donors (Lipinski definition) is 0. The van der Waals surface area contributed by atoms with Crippen molar-refractivity contribution in [1.29, 1.82) is 0 Å². The van der Waals surface area contributed by atoms with E-state index in [4.69, 9.17) is 37.3 Å². The first kappa shape index (κ1) is 20.8. The lowest BCUT2D eigenvalue weighted by atomic mass is 10.1. The fourth-order valence-electron chi connectivity index (χ4n) is 2.84. The number of rotatable bonds is 5. The maximum absolute atomic E-state index is 11.6. The number of benzene rings is 2. The van der Waals surface area contributed by atoms with Crippen LogP contribution in [0.5, 0.6) is 11.5 Å². The van der Waals surface area contributed by atoms with Gasteiger partial charge in [-0.25, -0.2) is 0 Å². The summed E-state index contributed by atoms with van der Waals surface area (Å²) in [4.78, 5) is 16.5. The summed E-state index contributed by atoms with van der Waals surface area (Å²) in [5.74, 6) is 0.661. The fourth-order valence-corrected chi connectivity index (χ4v) is 4.34. The molecule has 0 atom stereocenters. The van der Waals surface area contributed by atoms with Crippen molar-refractivity contribution < 1.29 is 19.0 Å². The second kappa shape index (κ2) is 7.98. The van der Waals surface area contributed by atoms with Gasteiger partial charge >= 0.3 is 5.69 Å². The number of nitrogens with zero attached hydrogens (tertiary/aromatic N) is 3. The normalized spacial score (nSPS) is 15.1. The second-order valence-corrected chi connectivity index (χ2v) is 9.07. The summed E-state index contributed by atoms with van der Waals surface area (Å²) >= 11 is 13.5. The summed E-state index contributed by atoms with van der Waals surface area (Å²) in [5.41, 5.74) is 0.371. The number of thioether (sulfide) groups is 1. The number of nitro groups is 1. The van der Waals surface area contributed by atoms with Crippen LogP contribution in [0.2, 0.25) is 10.0 Å². The Morgan fingerprint density at radius 1 is 1.27 bits per heavy atom. The first-order valence-corrected chi connectivity index (χ1v) is 10.5. The van der Waals surface area contributed by atoms with Crippen molar-refractivity contribution in [3.8, 4) is 11.5 Å². The second-order valence-electron chi connectivity index (χ2n) is 7.18. The maximum atomic E-state index is 11.6. The average Bonchev–Trinajstić information content (AvgIpc) is 3.23. The highest BCUT2D eigenvalue weighted by Gasteiger charge is 2.29. The molecule has 1 aliphatic rings. The van der Waals surface area contributed by atoms with Crippen molar-refractivity contribution >= 4 is 56.7 Å². The van der Waals surface area contributed by atoms with Crippen LogP contribution in [0.4, 0.5) is 5.69 Å². The molecule has 30 heavy (non-hydrogen) atoms. The van der Waals surface area contributed by atoms with E-state index in [2.05, 4.69) is 10.3 Å². The van der Waals surface area contributed by atoms with E-state index in [-0.39, 0.29) is 27.8 Å². The molecule has 0 fully saturated rings. The van der Waals surface area contributed by atoms with E-state index in [0.717, 1.165) is 5.04 Å². The molecule has 0 saturated carbocycles. The molecular formula is C19H15Cl2N3O5S. The van der Waals surface area contributed by atoms with Gasteiger partial charge < -0.3 is 14.1 Å². The van der Waals surface area contributed by atoms with Crippen molar-refractivity contribution in [2.24, 2.45) is 5.16 Å². The summed E-state index contributed by atoms with van der Waals surface area (Å²) < 4.78 is 11.1. The van der Waals surface area contributed by atoms with Crippen molar-refractivity contribution in [1.82, 2.24) is 5.16 Å². The lowest BCUT2D eigenvalue weighted by molar-refractivity contribution is -0.385. The Hall–Kier alpha value is -2.49. The highest BCUT2D eigenvalue weighted by atomic mass is 35.5. The van der Waals surface area contributed by atoms with Gasteiger partial charge in [-0.15, -0.1) is 11.8 Å². The van der Waals surface area contributed by atoms with Gasteiger partial charge in [0.05, 0.1) is 15.3 Å². The van der Waals surface area contributed by atoms with Crippen LogP contribution in [0, 0.1) is 10.1 Å². The largest absolute Gasteiger partial charge is 0.448 e. The van der Waals surface area contributed by atoms with Crippen LogP contribution in [-0.4, -0.2) is 20.7 Å². The minimum Gasteiger partial charge on any atom is -0.448 e. The average molecular weight is 468 g/mol. The van der Waals surface area contributed by atoms with Gasteiger partial charge in [0.15, 0.2) is 5.58 Å². The number of aromatic nitrogens is 1. The third kappa shape index (κ3) is 4.33. The van der Waals surface area contributed by atoms with Crippen LogP contribution >= 0.6 is 35.0 Å². The van der Waals surface area contributed by atoms with E-state index in [1.165, 1.54) is 36.0 Å². The molecular weight excluding hydrogens is 453 g/mol. The minimum absolute atomic E-state index is 0.0117. The molecule has 0 spiro atoms. The van der Waals surface area contributed by atoms with Gasteiger partial charge in [0.2, 0.25) is 5.75 Å². The molecule has 0 saturated heterocycles. The monoisotopic (exact) mass is 467 g/mol. The molecule has 1 aliphatic heterocycles. The molecule has 11 heteroatoms. The molecule has 2 heterocycles. The van der Waals surface area contributed by atoms with E-state index in [9.17, 15) is 10.1 Å². The standard InChI is InChI=1S/C19H15Cl2N3O5S/c1-19(2)8-18(23-29-19)30-9-13-11-6-14(24(25)26)17(7-16(11)28-22-13)27-15-4-3-10(20)5-12(15)21/h3-7H,8-9H2,1-2H3. The van der Waals surface area contributed by atoms with Gasteiger partial charge in [0, 0.05) is 29.3 Å². The third-order valence-corrected chi connectivity index (χ3v) is 5.78. The van der Waals surface area contributed by atoms with Crippen molar-refractivity contribution in [3.63, 3.8) is 0 Å². The molecule has 4 rings (SSSR count). The minimum atomic E-state index is -0.528. The van der Waals surface area contributed by atoms with Crippen LogP contribution < -0.4 is 4.74 Å². The molecule has 3 aromatic rings. The zero-order chi connectivity index (χ0) is 21.5. The molecule has 8 nitrogen and oxygen atoms in total. The maximum Gasteiger partial charge on any atom is 0.312 e. The van der Waals surface area contributed by atoms with Crippen molar-refractivity contribution in [2.45, 2.75) is 31.6 Å². The summed E-state index contributed by atoms with van der Waals surface area (Å²) in [6, 6.07) is 7.42. The molecule has 0 radical (unpaired) electrons. The summed E-state index contributed by atoms with van der Waals surface area (Å²) in [6.45, 7) is 3.90. The van der Waals surface area contributed by atoms with E-state index in [1.807, 2.05) is 13.8 Å². The van der Waals surface area contributed by atoms with Crippen LogP contribution in [0.1, 0.15) is 26.0 Å². The molecule has 0 amide bonds. The van der Waals surface area contributed by atoms with Crippen LogP contribution in [-0.2, 0) is 10.6 Å². The van der Waals surface area contributed by atoms with E-state index in [0.29, 0.717) is 33.9 Å². The highest BCUT2D eigenvalue weighted by molar-refractivity contribution is 8.13. The van der Waals surface area contributed by atoms with Crippen LogP contribution in [0.15, 0.2) is 40.0 Å². The Balaban J connectivity index is 1.62. The zero-order valence-electron chi connectivity index (χ0n) is 15.8. The van der Waals surface area contributed by atoms with Gasteiger partial charge in [0.1, 0.15) is 22.1 Å². The number of oxime groups is 1. The highest BCUT2D eigenvalue weighted by Crippen LogP contribution is 2.40. The number of nitro benzene ring substituents is 1. The van der Waals surface area contributed by atoms with E-state index >= 15 is 0 Å². The van der Waals surface area contributed by atoms with Crippen LogP contribution in [0.3, 0.4) is 0 Å². The summed E-state index contributed by atoms with van der Waals surface area (Å²) in [6.07, 6.45) is 0.688. The zero-order valence-corrected chi connectivity index (χ0v) is 18.2. The molecule has 0 bridgehead atoms. The quantitative estimate of drug-likeness (QED) is 0.308. The molecule has 0 N–H and O–H groups in total. The first-order chi connectivity index (χ1) is 14.2. The fraction of sp³-hybridized carbons (Fsp3) is 0.263. The van der Waals surface area contributed by atoms with Gasteiger partial charge in [0.25, 0.3) is 0 Å². The summed E-state index contributed by atoms with van der Waals surface area (Å²) in [5, 5.41) is 21.8. The number of hydrogen-bond acceptors (Lipinski definition) is 8. The van der Waals surface area contributed by atoms with Crippen molar-refractivity contribution in [3.05, 3.63) is 56.2 Å². The number of fused-ring (bicyclic) bond motifs is 1. The third-order valence-electron chi connectivity index (χ3n) is 4.28. The molecule has 2 aromatic carbocycles. The van der Waals surface area contributed by atoms with E-state index < -0.39 is 4.92 Å². The Labute approximate surface area is 185 Å². The van der Waals surface area contributed by atoms with Crippen LogP contribution in [0.25, 0.3) is 11.0 Å². The van der Waals surface area contributed by atoms with Gasteiger partial charge in [-0.2, -0.15) is 0 Å². The first-order valence-electron chi connectivity index (χ1n) is 8.79. The molecule has 1 aromatic heterocycles. The Kier molecular flexibility index (Phi) is 5.52. The molecule has 0 aliphatic carbocycles. The Morgan fingerprint density at radius 2 is 2.07 bits per heavy atom. The Bertz CT molecular complexity index is 1180. The summed E-state index contributed by atoms with van der Waals surface area (Å²) in [7, 11) is 0. The molecule has 156 valence electrons. The predicted molar refractivity (Wildman–Crippen MR) is 116 cm³/mol. The van der Waals surface area contributed by atoms with Gasteiger partial charge in [-0.3, -0.25) is 10.1 Å². The Morgan fingerprint density at radius 3 is 2.73 bits per heavy atom. The smallest absolute Gasteiger partial charge is 0.312 e. The van der Waals surface area contributed by atoms with E-state index in [1.54, 1.807) is 6.07 Å². The molecule has 0 unspecified atom stereocenters. The topological polar surface area (TPSA) is 100.0 Å². The SMILES string of the molecule is CC1(C)CC(SCc2noc3cc(Oc4ccc(Cl)cc4Cl)c([N+](=O)[O-])cc23)=NO1. The number of halogens is 2. The lowest BCUT2D eigenvalue weighted by Gasteiger charge is -2.12. The van der Waals surface area contributed by atoms with Gasteiger partial charge in [-0.1, -0.05) is 33.5 Å². The lowest BCUT2D eigenvalue weighted by Crippen LogP contribution is -2.18.